The zero-order valence-electron chi connectivity index (χ0n) is 19.5. The Hall–Kier alpha value is -3.65. The number of fused-ring (bicyclic) bond motifs is 6. The summed E-state index contributed by atoms with van der Waals surface area (Å²) in [6.45, 7) is 3.79. The van der Waals surface area contributed by atoms with Crippen molar-refractivity contribution in [2.24, 2.45) is 5.92 Å². The van der Waals surface area contributed by atoms with Crippen LogP contribution in [0.3, 0.4) is 0 Å². The van der Waals surface area contributed by atoms with Gasteiger partial charge in [-0.05, 0) is 69.7 Å². The second kappa shape index (κ2) is 6.95. The molecule has 0 aliphatic heterocycles. The molecule has 2 heterocycles. The summed E-state index contributed by atoms with van der Waals surface area (Å²) in [6, 6.07) is 26.8. The number of benzene rings is 4. The topological polar surface area (TPSA) is 26.0 Å². The SMILES string of the molecule is [2H]C([2H])(c1ccnc(-c2cccc3c2oc2cc4c(ccc5ccccc54)cc23)c1)C(C)C. The Morgan fingerprint density at radius 2 is 1.65 bits per heavy atom. The second-order valence-electron chi connectivity index (χ2n) is 8.37. The third kappa shape index (κ3) is 2.98. The van der Waals surface area contributed by atoms with Crippen molar-refractivity contribution in [2.75, 3.05) is 0 Å². The van der Waals surface area contributed by atoms with Gasteiger partial charge in [0.1, 0.15) is 11.2 Å². The largest absolute Gasteiger partial charge is 0.455 e. The predicted octanol–water partition coefficient (Wildman–Crippen LogP) is 8.15. The number of aromatic nitrogens is 1. The molecular formula is C29H23NO. The van der Waals surface area contributed by atoms with Crippen LogP contribution in [0.4, 0.5) is 0 Å². The molecule has 0 radical (unpaired) electrons. The van der Waals surface area contributed by atoms with Gasteiger partial charge >= 0.3 is 0 Å². The van der Waals surface area contributed by atoms with Crippen LogP contribution in [-0.4, -0.2) is 4.98 Å². The van der Waals surface area contributed by atoms with Crippen LogP contribution in [0.25, 0.3) is 54.7 Å². The lowest BCUT2D eigenvalue weighted by Gasteiger charge is -2.07. The summed E-state index contributed by atoms with van der Waals surface area (Å²) in [5, 5.41) is 6.88. The molecule has 0 N–H and O–H groups in total. The fourth-order valence-corrected chi connectivity index (χ4v) is 4.50. The molecule has 150 valence electrons. The van der Waals surface area contributed by atoms with E-state index in [4.69, 9.17) is 7.16 Å². The van der Waals surface area contributed by atoms with Crippen molar-refractivity contribution in [2.45, 2.75) is 20.2 Å². The van der Waals surface area contributed by atoms with Crippen LogP contribution in [0.5, 0.6) is 0 Å². The molecule has 0 saturated heterocycles. The predicted molar refractivity (Wildman–Crippen MR) is 131 cm³/mol. The van der Waals surface area contributed by atoms with Crippen molar-refractivity contribution in [1.82, 2.24) is 4.98 Å². The molecule has 0 aliphatic carbocycles. The lowest BCUT2D eigenvalue weighted by Crippen LogP contribution is -1.95. The molecule has 0 saturated carbocycles. The van der Waals surface area contributed by atoms with E-state index in [-0.39, 0.29) is 5.92 Å². The first kappa shape index (κ1) is 16.1. The molecule has 31 heavy (non-hydrogen) atoms. The first-order chi connectivity index (χ1) is 15.9. The summed E-state index contributed by atoms with van der Waals surface area (Å²) < 4.78 is 23.4. The van der Waals surface area contributed by atoms with Gasteiger partial charge in [-0.1, -0.05) is 62.4 Å². The van der Waals surface area contributed by atoms with Crippen molar-refractivity contribution in [3.63, 3.8) is 0 Å². The molecular weight excluding hydrogens is 378 g/mol. The standard InChI is InChI=1S/C29H23NO/c1-18(2)14-19-12-13-30-27(15-19)24-9-5-8-23-26-16-21-11-10-20-6-3-4-7-22(20)25(21)17-28(26)31-29(23)24/h3-13,15-18H,14H2,1-2H3/i14D2. The van der Waals surface area contributed by atoms with Gasteiger partial charge in [0.15, 0.2) is 0 Å². The van der Waals surface area contributed by atoms with E-state index in [0.717, 1.165) is 33.2 Å². The Morgan fingerprint density at radius 1 is 0.806 bits per heavy atom. The highest BCUT2D eigenvalue weighted by molar-refractivity contribution is 6.17. The molecule has 2 aromatic heterocycles. The minimum absolute atomic E-state index is 0.142. The molecule has 2 heteroatoms. The zero-order valence-corrected chi connectivity index (χ0v) is 17.5. The minimum Gasteiger partial charge on any atom is -0.455 e. The Morgan fingerprint density at radius 3 is 2.55 bits per heavy atom. The van der Waals surface area contributed by atoms with E-state index >= 15 is 0 Å². The number of rotatable bonds is 3. The first-order valence-electron chi connectivity index (χ1n) is 11.7. The normalized spacial score (nSPS) is 13.4. The van der Waals surface area contributed by atoms with E-state index in [1.54, 1.807) is 12.3 Å². The fraction of sp³-hybridized carbons (Fsp3) is 0.138. The third-order valence-electron chi connectivity index (χ3n) is 5.85. The van der Waals surface area contributed by atoms with E-state index in [1.165, 1.54) is 21.5 Å². The van der Waals surface area contributed by atoms with Gasteiger partial charge in [-0.2, -0.15) is 0 Å². The number of pyridine rings is 1. The molecule has 0 amide bonds. The van der Waals surface area contributed by atoms with E-state index in [2.05, 4.69) is 59.6 Å². The van der Waals surface area contributed by atoms with Gasteiger partial charge in [0.05, 0.1) is 5.69 Å². The van der Waals surface area contributed by atoms with E-state index in [9.17, 15) is 0 Å². The van der Waals surface area contributed by atoms with Crippen LogP contribution in [0, 0.1) is 5.92 Å². The maximum absolute atomic E-state index is 8.50. The van der Waals surface area contributed by atoms with Crippen LogP contribution in [-0.2, 0) is 6.37 Å². The average molecular weight is 404 g/mol. The number of hydrogen-bond acceptors (Lipinski definition) is 2. The molecule has 0 spiro atoms. The molecule has 6 aromatic rings. The van der Waals surface area contributed by atoms with Crippen LogP contribution in [0.1, 0.15) is 22.2 Å². The number of hydrogen-bond donors (Lipinski definition) is 0. The minimum atomic E-state index is -1.43. The highest BCUT2D eigenvalue weighted by Gasteiger charge is 2.15. The Bertz CT molecular complexity index is 1680. The number of para-hydroxylation sites is 1. The Balaban J connectivity index is 1.60. The van der Waals surface area contributed by atoms with E-state index < -0.39 is 6.37 Å². The molecule has 0 bridgehead atoms. The molecule has 0 atom stereocenters. The maximum atomic E-state index is 8.50. The second-order valence-corrected chi connectivity index (χ2v) is 8.37. The summed E-state index contributed by atoms with van der Waals surface area (Å²) >= 11 is 0. The van der Waals surface area contributed by atoms with Crippen molar-refractivity contribution in [1.29, 1.82) is 0 Å². The summed E-state index contributed by atoms with van der Waals surface area (Å²) in [5.41, 5.74) is 3.85. The molecule has 0 unspecified atom stereocenters. The van der Waals surface area contributed by atoms with Crippen molar-refractivity contribution >= 4 is 43.5 Å². The summed E-state index contributed by atoms with van der Waals surface area (Å²) in [6.07, 6.45) is 0.255. The van der Waals surface area contributed by atoms with E-state index in [0.29, 0.717) is 5.56 Å². The first-order valence-corrected chi connectivity index (χ1v) is 10.7. The molecule has 4 aromatic carbocycles. The molecule has 6 rings (SSSR count). The van der Waals surface area contributed by atoms with Gasteiger partial charge in [-0.25, -0.2) is 0 Å². The van der Waals surface area contributed by atoms with Gasteiger partial charge in [-0.15, -0.1) is 0 Å². The summed E-state index contributed by atoms with van der Waals surface area (Å²) in [4.78, 5) is 4.57. The highest BCUT2D eigenvalue weighted by atomic mass is 16.3. The van der Waals surface area contributed by atoms with Crippen molar-refractivity contribution in [3.05, 3.63) is 90.6 Å². The van der Waals surface area contributed by atoms with Gasteiger partial charge in [-0.3, -0.25) is 4.98 Å². The lowest BCUT2D eigenvalue weighted by molar-refractivity contribution is 0.647. The van der Waals surface area contributed by atoms with Crippen LogP contribution in [0.15, 0.2) is 89.5 Å². The Kier molecular flexibility index (Phi) is 3.61. The summed E-state index contributed by atoms with van der Waals surface area (Å²) in [7, 11) is 0. The molecule has 0 aliphatic rings. The highest BCUT2D eigenvalue weighted by Crippen LogP contribution is 2.38. The maximum Gasteiger partial charge on any atom is 0.144 e. The zero-order chi connectivity index (χ0) is 22.7. The Labute approximate surface area is 183 Å². The fourth-order valence-electron chi connectivity index (χ4n) is 4.50. The van der Waals surface area contributed by atoms with Gasteiger partial charge < -0.3 is 4.42 Å². The van der Waals surface area contributed by atoms with Gasteiger partial charge in [0, 0.05) is 25.3 Å². The number of nitrogens with zero attached hydrogens (tertiary/aromatic N) is 1. The van der Waals surface area contributed by atoms with Crippen LogP contribution < -0.4 is 0 Å². The van der Waals surface area contributed by atoms with Crippen molar-refractivity contribution in [3.8, 4) is 11.3 Å². The van der Waals surface area contributed by atoms with Crippen LogP contribution in [0.2, 0.25) is 0 Å². The molecule has 0 fully saturated rings. The average Bonchev–Trinajstić information content (AvgIpc) is 3.20. The van der Waals surface area contributed by atoms with Crippen LogP contribution >= 0.6 is 0 Å². The third-order valence-corrected chi connectivity index (χ3v) is 5.85. The lowest BCUT2D eigenvalue weighted by atomic mass is 9.99. The smallest absolute Gasteiger partial charge is 0.144 e. The monoisotopic (exact) mass is 403 g/mol. The summed E-state index contributed by atoms with van der Waals surface area (Å²) in [5.74, 6) is -0.142. The van der Waals surface area contributed by atoms with Gasteiger partial charge in [0.25, 0.3) is 0 Å². The quantitative estimate of drug-likeness (QED) is 0.279. The van der Waals surface area contributed by atoms with Gasteiger partial charge in [0.2, 0.25) is 0 Å². The van der Waals surface area contributed by atoms with E-state index in [1.807, 2.05) is 32.0 Å². The molecule has 2 nitrogen and oxygen atoms in total. The van der Waals surface area contributed by atoms with Crippen molar-refractivity contribution < 1.29 is 7.16 Å². The number of furan rings is 1.